The van der Waals surface area contributed by atoms with Gasteiger partial charge in [0, 0.05) is 0 Å². The van der Waals surface area contributed by atoms with Crippen molar-refractivity contribution < 1.29 is 4.12 Å². The highest BCUT2D eigenvalue weighted by molar-refractivity contribution is 6.75. The van der Waals surface area contributed by atoms with Crippen molar-refractivity contribution in [3.8, 4) is 0 Å². The average molecular weight is 149 g/mol. The third-order valence-corrected chi connectivity index (χ3v) is 4.86. The first kappa shape index (κ1) is 8.35. The topological polar surface area (TPSA) is 35.2 Å². The maximum Gasteiger partial charge on any atom is 0.249 e. The van der Waals surface area contributed by atoms with Crippen molar-refractivity contribution in [1.82, 2.24) is 0 Å². The van der Waals surface area contributed by atoms with Gasteiger partial charge in [-0.25, -0.2) is 0 Å². The monoisotopic (exact) mass is 149 g/mol. The molecule has 0 aliphatic heterocycles. The first-order valence-corrected chi connectivity index (χ1v) is 8.65. The molecule has 0 saturated carbocycles. The fourth-order valence-corrected chi connectivity index (χ4v) is 5.47. The summed E-state index contributed by atoms with van der Waals surface area (Å²) in [4.78, 5) is 0. The van der Waals surface area contributed by atoms with E-state index in [1.165, 1.54) is 0 Å². The van der Waals surface area contributed by atoms with Crippen molar-refractivity contribution in [3.63, 3.8) is 0 Å². The second kappa shape index (κ2) is 2.77. The average Bonchev–Trinajstić information content (AvgIpc) is 1.21. The summed E-state index contributed by atoms with van der Waals surface area (Å²) in [6, 6.07) is 0. The van der Waals surface area contributed by atoms with Crippen LogP contribution in [0.15, 0.2) is 0 Å². The lowest BCUT2D eigenvalue weighted by Gasteiger charge is -2.19. The molecule has 8 heavy (non-hydrogen) atoms. The molecule has 2 nitrogen and oxygen atoms in total. The van der Waals surface area contributed by atoms with E-state index in [2.05, 4.69) is 13.1 Å². The van der Waals surface area contributed by atoms with E-state index in [1.807, 2.05) is 13.1 Å². The van der Waals surface area contributed by atoms with Gasteiger partial charge in [-0.2, -0.15) is 0 Å². The Morgan fingerprint density at radius 2 is 1.75 bits per heavy atom. The van der Waals surface area contributed by atoms with Gasteiger partial charge in [0.1, 0.15) is 0 Å². The van der Waals surface area contributed by atoms with Gasteiger partial charge in [-0.15, -0.1) is 0 Å². The fraction of sp³-hybridized carbons (Fsp3) is 1.00. The highest BCUT2D eigenvalue weighted by Crippen LogP contribution is 1.96. The summed E-state index contributed by atoms with van der Waals surface area (Å²) in [7, 11) is -2.52. The zero-order valence-electron chi connectivity index (χ0n) is 6.06. The van der Waals surface area contributed by atoms with E-state index >= 15 is 0 Å². The number of nitrogens with two attached hydrogens (primary N) is 1. The Balaban J connectivity index is 3.39. The molecule has 0 aromatic rings. The minimum atomic E-state index is -1.66. The molecule has 0 saturated heterocycles. The lowest BCUT2D eigenvalue weighted by atomic mass is 11.9. The quantitative estimate of drug-likeness (QED) is 0.585. The Hall–Kier alpha value is 0.354. The molecular weight excluding hydrogens is 134 g/mol. The normalized spacial score (nSPS) is 12.8. The van der Waals surface area contributed by atoms with E-state index < -0.39 is 17.5 Å². The summed E-state index contributed by atoms with van der Waals surface area (Å²) in [6.07, 6.45) is 0. The second-order valence-corrected chi connectivity index (χ2v) is 9.02. The van der Waals surface area contributed by atoms with Crippen molar-refractivity contribution in [2.45, 2.75) is 26.2 Å². The molecule has 0 aliphatic rings. The predicted molar refractivity (Wildman–Crippen MR) is 41.6 cm³/mol. The van der Waals surface area contributed by atoms with Crippen molar-refractivity contribution in [2.75, 3.05) is 0 Å². The van der Waals surface area contributed by atoms with Crippen molar-refractivity contribution in [1.29, 1.82) is 0 Å². The lowest BCUT2D eigenvalue weighted by Crippen LogP contribution is -2.45. The summed E-state index contributed by atoms with van der Waals surface area (Å²) in [6.45, 7) is 8.31. The van der Waals surface area contributed by atoms with Crippen LogP contribution in [-0.4, -0.2) is 17.5 Å². The van der Waals surface area contributed by atoms with Crippen LogP contribution in [0.1, 0.15) is 0 Å². The van der Waals surface area contributed by atoms with E-state index in [1.54, 1.807) is 0 Å². The molecule has 0 aliphatic carbocycles. The second-order valence-electron chi connectivity index (χ2n) is 2.77. The zero-order chi connectivity index (χ0) is 6.78. The number of rotatable bonds is 2. The SMILES string of the molecule is C[SiH](C)O[Si](C)(C)N. The van der Waals surface area contributed by atoms with Crippen LogP contribution in [0.25, 0.3) is 0 Å². The number of hydrogen-bond donors (Lipinski definition) is 1. The minimum absolute atomic E-state index is 0.859. The van der Waals surface area contributed by atoms with E-state index in [-0.39, 0.29) is 0 Å². The van der Waals surface area contributed by atoms with Crippen molar-refractivity contribution >= 4 is 17.5 Å². The largest absolute Gasteiger partial charge is 0.448 e. The summed E-state index contributed by atoms with van der Waals surface area (Å²) in [5.41, 5.74) is 0. The molecule has 0 aromatic heterocycles. The summed E-state index contributed by atoms with van der Waals surface area (Å²) < 4.78 is 5.49. The van der Waals surface area contributed by atoms with Crippen LogP contribution in [0.2, 0.25) is 26.2 Å². The summed E-state index contributed by atoms with van der Waals surface area (Å²) in [5.74, 6) is 0. The maximum atomic E-state index is 5.69. The molecule has 0 aromatic carbocycles. The van der Waals surface area contributed by atoms with E-state index in [0.717, 1.165) is 0 Å². The van der Waals surface area contributed by atoms with Gasteiger partial charge in [-0.3, -0.25) is 0 Å². The highest BCUT2D eigenvalue weighted by Gasteiger charge is 2.16. The molecule has 4 heteroatoms. The van der Waals surface area contributed by atoms with Crippen molar-refractivity contribution in [3.05, 3.63) is 0 Å². The fourth-order valence-electron chi connectivity index (χ4n) is 0.607. The van der Waals surface area contributed by atoms with Crippen molar-refractivity contribution in [2.24, 2.45) is 5.40 Å². The molecule has 0 rings (SSSR count). The first-order valence-electron chi connectivity index (χ1n) is 2.88. The maximum absolute atomic E-state index is 5.69. The molecule has 2 N–H and O–H groups in total. The van der Waals surface area contributed by atoms with Crippen LogP contribution in [0.4, 0.5) is 0 Å². The Bertz CT molecular complexity index is 68.9. The van der Waals surface area contributed by atoms with Crippen LogP contribution in [0, 0.1) is 0 Å². The first-order chi connectivity index (χ1) is 3.42. The van der Waals surface area contributed by atoms with Gasteiger partial charge in [0.05, 0.1) is 0 Å². The van der Waals surface area contributed by atoms with Gasteiger partial charge >= 0.3 is 0 Å². The van der Waals surface area contributed by atoms with Gasteiger partial charge in [0.15, 0.2) is 9.04 Å². The Morgan fingerprint density at radius 1 is 1.38 bits per heavy atom. The molecule has 0 fully saturated rings. The van der Waals surface area contributed by atoms with E-state index in [0.29, 0.717) is 0 Å². The molecule has 0 amide bonds. The van der Waals surface area contributed by atoms with Gasteiger partial charge in [-0.05, 0) is 26.2 Å². The van der Waals surface area contributed by atoms with Crippen LogP contribution < -0.4 is 5.40 Å². The number of hydrogen-bond acceptors (Lipinski definition) is 2. The minimum Gasteiger partial charge on any atom is -0.448 e. The molecular formula is C4H15NOSi2. The van der Waals surface area contributed by atoms with Gasteiger partial charge in [-0.1, -0.05) is 0 Å². The van der Waals surface area contributed by atoms with Crippen LogP contribution in [0.3, 0.4) is 0 Å². The van der Waals surface area contributed by atoms with Gasteiger partial charge < -0.3 is 9.51 Å². The predicted octanol–water partition coefficient (Wildman–Crippen LogP) is 0.647. The zero-order valence-corrected chi connectivity index (χ0v) is 8.22. The molecule has 0 radical (unpaired) electrons. The molecule has 0 heterocycles. The Morgan fingerprint density at radius 3 is 1.75 bits per heavy atom. The smallest absolute Gasteiger partial charge is 0.249 e. The molecule has 50 valence electrons. The summed E-state index contributed by atoms with van der Waals surface area (Å²) >= 11 is 0. The van der Waals surface area contributed by atoms with Gasteiger partial charge in [0.2, 0.25) is 8.48 Å². The molecule has 0 atom stereocenters. The van der Waals surface area contributed by atoms with Crippen LogP contribution >= 0.6 is 0 Å². The van der Waals surface area contributed by atoms with Crippen LogP contribution in [0.5, 0.6) is 0 Å². The van der Waals surface area contributed by atoms with E-state index in [9.17, 15) is 0 Å². The molecule has 0 bridgehead atoms. The Kier molecular flexibility index (Phi) is 2.89. The summed E-state index contributed by atoms with van der Waals surface area (Å²) in [5, 5.41) is 5.69. The van der Waals surface area contributed by atoms with Gasteiger partial charge in [0.25, 0.3) is 0 Å². The third kappa shape index (κ3) is 6.35. The highest BCUT2D eigenvalue weighted by atomic mass is 28.4. The van der Waals surface area contributed by atoms with E-state index in [4.69, 9.17) is 9.51 Å². The lowest BCUT2D eigenvalue weighted by molar-refractivity contribution is 0.576. The van der Waals surface area contributed by atoms with Crippen LogP contribution in [-0.2, 0) is 4.12 Å². The Labute approximate surface area is 54.0 Å². The standard InChI is InChI=1S/C4H15NOSi2/c1-7(2)6-8(3,4)5/h7H,5H2,1-4H3. The molecule has 0 spiro atoms. The third-order valence-electron chi connectivity index (χ3n) is 0.539. The molecule has 0 unspecified atom stereocenters.